The fourth-order valence-electron chi connectivity index (χ4n) is 1.88. The molecule has 0 aliphatic heterocycles. The Balaban J connectivity index is 3.06. The van der Waals surface area contributed by atoms with Gasteiger partial charge in [0.25, 0.3) is 0 Å². The molecular weight excluding hydrogens is 294 g/mol. The minimum Gasteiger partial charge on any atom is -0.497 e. The highest BCUT2D eigenvalue weighted by molar-refractivity contribution is 7.89. The summed E-state index contributed by atoms with van der Waals surface area (Å²) in [6, 6.07) is 4.75. The van der Waals surface area contributed by atoms with Gasteiger partial charge in [-0.05, 0) is 37.1 Å². The number of likely N-dealkylation sites (N-methyl/N-ethyl adjacent to an activating group) is 1. The predicted molar refractivity (Wildman–Crippen MR) is 80.1 cm³/mol. The second kappa shape index (κ2) is 8.33. The zero-order chi connectivity index (χ0) is 15.9. The van der Waals surface area contributed by atoms with Gasteiger partial charge in [-0.15, -0.1) is 0 Å². The zero-order valence-corrected chi connectivity index (χ0v) is 13.5. The molecule has 0 radical (unpaired) electrons. The molecule has 0 spiro atoms. The van der Waals surface area contributed by atoms with Crippen LogP contribution in [0.25, 0.3) is 0 Å². The Labute approximate surface area is 126 Å². The van der Waals surface area contributed by atoms with Crippen LogP contribution in [-0.2, 0) is 21.2 Å². The molecule has 1 rings (SSSR count). The van der Waals surface area contributed by atoms with Crippen LogP contribution in [0.15, 0.2) is 23.1 Å². The fourth-order valence-corrected chi connectivity index (χ4v) is 3.26. The molecule has 0 fully saturated rings. The third kappa shape index (κ3) is 4.67. The number of methoxy groups -OCH3 is 1. The lowest BCUT2D eigenvalue weighted by Gasteiger charge is -2.19. The quantitative estimate of drug-likeness (QED) is 0.685. The van der Waals surface area contributed by atoms with Crippen LogP contribution in [0.2, 0.25) is 0 Å². The highest BCUT2D eigenvalue weighted by Gasteiger charge is 2.23. The minimum absolute atomic E-state index is 0.127. The summed E-state index contributed by atoms with van der Waals surface area (Å²) >= 11 is 0. The summed E-state index contributed by atoms with van der Waals surface area (Å²) in [5, 5.41) is 9.12. The van der Waals surface area contributed by atoms with Gasteiger partial charge >= 0.3 is 0 Å². The van der Waals surface area contributed by atoms with Crippen LogP contribution in [-0.4, -0.2) is 58.4 Å². The van der Waals surface area contributed by atoms with E-state index in [2.05, 4.69) is 0 Å². The first kappa shape index (κ1) is 17.9. The van der Waals surface area contributed by atoms with Gasteiger partial charge in [-0.3, -0.25) is 0 Å². The molecule has 0 saturated carbocycles. The molecule has 0 aliphatic rings. The number of aliphatic hydroxyl groups excluding tert-OH is 1. The molecule has 120 valence electrons. The van der Waals surface area contributed by atoms with Gasteiger partial charge in [0.2, 0.25) is 10.0 Å². The smallest absolute Gasteiger partial charge is 0.243 e. The van der Waals surface area contributed by atoms with Gasteiger partial charge in [-0.2, -0.15) is 4.31 Å². The van der Waals surface area contributed by atoms with E-state index in [1.807, 2.05) is 6.92 Å². The van der Waals surface area contributed by atoms with Crippen molar-refractivity contribution in [3.63, 3.8) is 0 Å². The molecule has 0 heterocycles. The van der Waals surface area contributed by atoms with Gasteiger partial charge in [0.05, 0.1) is 18.6 Å². The van der Waals surface area contributed by atoms with Gasteiger partial charge in [0.1, 0.15) is 5.75 Å². The number of aliphatic hydroxyl groups is 1. The molecule has 1 aromatic carbocycles. The van der Waals surface area contributed by atoms with E-state index in [1.54, 1.807) is 12.1 Å². The van der Waals surface area contributed by atoms with E-state index in [4.69, 9.17) is 14.6 Å². The number of hydrogen-bond donors (Lipinski definition) is 1. The van der Waals surface area contributed by atoms with Crippen molar-refractivity contribution in [1.29, 1.82) is 0 Å². The van der Waals surface area contributed by atoms with Crippen LogP contribution in [0.1, 0.15) is 12.5 Å². The first-order valence-corrected chi connectivity index (χ1v) is 8.23. The molecule has 0 saturated heterocycles. The fraction of sp³-hybridized carbons (Fsp3) is 0.571. The Hall–Kier alpha value is -1.15. The molecule has 0 bridgehead atoms. The Bertz CT molecular complexity index is 544. The second-order valence-corrected chi connectivity index (χ2v) is 6.48. The lowest BCUT2D eigenvalue weighted by Crippen LogP contribution is -2.31. The van der Waals surface area contributed by atoms with E-state index < -0.39 is 10.0 Å². The molecule has 7 heteroatoms. The Morgan fingerprint density at radius 1 is 1.33 bits per heavy atom. The maximum absolute atomic E-state index is 12.6. The zero-order valence-electron chi connectivity index (χ0n) is 12.7. The molecule has 0 aromatic heterocycles. The van der Waals surface area contributed by atoms with E-state index in [1.165, 1.54) is 24.5 Å². The van der Waals surface area contributed by atoms with Crippen molar-refractivity contribution >= 4 is 10.0 Å². The molecule has 0 aliphatic carbocycles. The van der Waals surface area contributed by atoms with Crippen molar-refractivity contribution in [3.05, 3.63) is 23.8 Å². The standard InChI is InChI=1S/C14H23NO5S/c1-4-20-10-8-15(2)21(17,18)14-6-5-13(19-3)11-12(14)7-9-16/h5-6,11,16H,4,7-10H2,1-3H3. The van der Waals surface area contributed by atoms with Crippen molar-refractivity contribution in [2.45, 2.75) is 18.2 Å². The lowest BCUT2D eigenvalue weighted by molar-refractivity contribution is 0.138. The van der Waals surface area contributed by atoms with Crippen molar-refractivity contribution in [2.75, 3.05) is 40.5 Å². The number of rotatable bonds is 9. The molecule has 21 heavy (non-hydrogen) atoms. The summed E-state index contributed by atoms with van der Waals surface area (Å²) < 4.78 is 36.7. The van der Waals surface area contributed by atoms with E-state index in [0.717, 1.165) is 0 Å². The second-order valence-electron chi connectivity index (χ2n) is 4.47. The van der Waals surface area contributed by atoms with Crippen molar-refractivity contribution < 1.29 is 23.0 Å². The number of benzene rings is 1. The van der Waals surface area contributed by atoms with Crippen LogP contribution >= 0.6 is 0 Å². The Morgan fingerprint density at radius 3 is 2.62 bits per heavy atom. The summed E-state index contributed by atoms with van der Waals surface area (Å²) in [6.45, 7) is 2.90. The Morgan fingerprint density at radius 2 is 2.05 bits per heavy atom. The van der Waals surface area contributed by atoms with E-state index in [-0.39, 0.29) is 24.5 Å². The van der Waals surface area contributed by atoms with Gasteiger partial charge in [-0.1, -0.05) is 0 Å². The predicted octanol–water partition coefficient (Wildman–Crippen LogP) is 0.887. The average Bonchev–Trinajstić information content (AvgIpc) is 2.47. The SMILES string of the molecule is CCOCCN(C)S(=O)(=O)c1ccc(OC)cc1CCO. The van der Waals surface area contributed by atoms with Gasteiger partial charge in [0.15, 0.2) is 0 Å². The first-order chi connectivity index (χ1) is 9.97. The summed E-state index contributed by atoms with van der Waals surface area (Å²) in [5.74, 6) is 0.564. The maximum atomic E-state index is 12.6. The van der Waals surface area contributed by atoms with Crippen LogP contribution in [0.4, 0.5) is 0 Å². The van der Waals surface area contributed by atoms with Crippen molar-refractivity contribution in [3.8, 4) is 5.75 Å². The van der Waals surface area contributed by atoms with E-state index >= 15 is 0 Å². The van der Waals surface area contributed by atoms with Crippen LogP contribution in [0, 0.1) is 0 Å². The summed E-state index contributed by atoms with van der Waals surface area (Å²) in [6.07, 6.45) is 0.255. The first-order valence-electron chi connectivity index (χ1n) is 6.79. The van der Waals surface area contributed by atoms with Gasteiger partial charge in [-0.25, -0.2) is 8.42 Å². The van der Waals surface area contributed by atoms with Crippen LogP contribution < -0.4 is 4.74 Å². The monoisotopic (exact) mass is 317 g/mol. The minimum atomic E-state index is -3.61. The molecule has 0 atom stereocenters. The number of ether oxygens (including phenoxy) is 2. The summed E-state index contributed by atoms with van der Waals surface area (Å²) in [5.41, 5.74) is 0.542. The topological polar surface area (TPSA) is 76.1 Å². The molecule has 1 N–H and O–H groups in total. The summed E-state index contributed by atoms with van der Waals surface area (Å²) in [7, 11) is -0.581. The normalized spacial score (nSPS) is 11.9. The lowest BCUT2D eigenvalue weighted by atomic mass is 10.1. The third-order valence-corrected chi connectivity index (χ3v) is 5.05. The molecule has 0 amide bonds. The van der Waals surface area contributed by atoms with Crippen LogP contribution in [0.5, 0.6) is 5.75 Å². The number of nitrogens with zero attached hydrogens (tertiary/aromatic N) is 1. The van der Waals surface area contributed by atoms with E-state index in [0.29, 0.717) is 24.5 Å². The number of sulfonamides is 1. The van der Waals surface area contributed by atoms with Crippen molar-refractivity contribution in [1.82, 2.24) is 4.31 Å². The molecular formula is C14H23NO5S. The average molecular weight is 317 g/mol. The number of hydrogen-bond acceptors (Lipinski definition) is 5. The van der Waals surface area contributed by atoms with Crippen LogP contribution in [0.3, 0.4) is 0 Å². The highest BCUT2D eigenvalue weighted by Crippen LogP contribution is 2.24. The van der Waals surface area contributed by atoms with Crippen molar-refractivity contribution in [2.24, 2.45) is 0 Å². The maximum Gasteiger partial charge on any atom is 0.243 e. The Kier molecular flexibility index (Phi) is 7.10. The van der Waals surface area contributed by atoms with E-state index in [9.17, 15) is 8.42 Å². The van der Waals surface area contributed by atoms with Gasteiger partial charge < -0.3 is 14.6 Å². The summed E-state index contributed by atoms with van der Waals surface area (Å²) in [4.78, 5) is 0.191. The molecule has 0 unspecified atom stereocenters. The third-order valence-electron chi connectivity index (χ3n) is 3.09. The molecule has 6 nitrogen and oxygen atoms in total. The van der Waals surface area contributed by atoms with Gasteiger partial charge in [0, 0.05) is 26.8 Å². The highest BCUT2D eigenvalue weighted by atomic mass is 32.2. The molecule has 1 aromatic rings. The largest absolute Gasteiger partial charge is 0.497 e.